The van der Waals surface area contributed by atoms with E-state index in [0.717, 1.165) is 57.0 Å². The van der Waals surface area contributed by atoms with Crippen LogP contribution in [0.2, 0.25) is 0 Å². The minimum Gasteiger partial charge on any atom is -0.356 e. The van der Waals surface area contributed by atoms with Crippen molar-refractivity contribution in [2.45, 2.75) is 39.5 Å². The molecule has 0 radical (unpaired) electrons. The average molecular weight is 343 g/mol. The van der Waals surface area contributed by atoms with Gasteiger partial charge >= 0.3 is 0 Å². The first kappa shape index (κ1) is 17.0. The average Bonchev–Trinajstić information content (AvgIpc) is 3.20. The van der Waals surface area contributed by atoms with Crippen LogP contribution in [0.4, 0.5) is 5.69 Å². The maximum absolute atomic E-state index is 4.85. The summed E-state index contributed by atoms with van der Waals surface area (Å²) in [7, 11) is 0. The number of nitrogens with zero attached hydrogens (tertiary/aromatic N) is 3. The van der Waals surface area contributed by atoms with Crippen LogP contribution in [0.5, 0.6) is 0 Å². The Bertz CT molecular complexity index is 692. The van der Waals surface area contributed by atoms with Crippen LogP contribution in [0, 0.1) is 6.92 Å². The normalized spacial score (nSPS) is 14.1. The van der Waals surface area contributed by atoms with E-state index >= 15 is 0 Å². The zero-order valence-corrected chi connectivity index (χ0v) is 15.4. The standard InChI is InChI=1S/C19H26N4S/c1-3-20-19(23-13-11-16-8-4-5-9-17(16)23)21-12-7-6-10-18-22-15(2)14-24-18/h4-5,8-9,14H,3,6-7,10-13H2,1-2H3,(H,20,21). The quantitative estimate of drug-likeness (QED) is 0.493. The van der Waals surface area contributed by atoms with Gasteiger partial charge in [0.1, 0.15) is 0 Å². The fraction of sp³-hybridized carbons (Fsp3) is 0.474. The van der Waals surface area contributed by atoms with E-state index in [9.17, 15) is 0 Å². The molecule has 0 atom stereocenters. The molecule has 24 heavy (non-hydrogen) atoms. The highest BCUT2D eigenvalue weighted by molar-refractivity contribution is 7.09. The van der Waals surface area contributed by atoms with Gasteiger partial charge in [-0.3, -0.25) is 4.99 Å². The van der Waals surface area contributed by atoms with Crippen molar-refractivity contribution in [3.63, 3.8) is 0 Å². The van der Waals surface area contributed by atoms with Gasteiger partial charge in [-0.05, 0) is 51.2 Å². The van der Waals surface area contributed by atoms with Crippen molar-refractivity contribution < 1.29 is 0 Å². The first-order valence-electron chi connectivity index (χ1n) is 8.82. The molecule has 0 spiro atoms. The lowest BCUT2D eigenvalue weighted by atomic mass is 10.2. The van der Waals surface area contributed by atoms with Crippen LogP contribution < -0.4 is 10.2 Å². The van der Waals surface area contributed by atoms with Gasteiger partial charge in [0, 0.05) is 36.4 Å². The Morgan fingerprint density at radius 2 is 2.21 bits per heavy atom. The fourth-order valence-electron chi connectivity index (χ4n) is 3.04. The molecule has 0 amide bonds. The van der Waals surface area contributed by atoms with Crippen molar-refractivity contribution in [3.05, 3.63) is 45.9 Å². The van der Waals surface area contributed by atoms with Crippen LogP contribution in [-0.2, 0) is 12.8 Å². The summed E-state index contributed by atoms with van der Waals surface area (Å²) in [6, 6.07) is 8.64. The molecule has 1 aromatic heterocycles. The first-order valence-corrected chi connectivity index (χ1v) is 9.70. The van der Waals surface area contributed by atoms with Crippen LogP contribution in [-0.4, -0.2) is 30.6 Å². The van der Waals surface area contributed by atoms with E-state index in [2.05, 4.69) is 58.7 Å². The Morgan fingerprint density at radius 1 is 1.33 bits per heavy atom. The molecule has 0 bridgehead atoms. The Morgan fingerprint density at radius 3 is 3.00 bits per heavy atom. The second kappa shape index (κ2) is 8.29. The second-order valence-electron chi connectivity index (χ2n) is 6.11. The van der Waals surface area contributed by atoms with Gasteiger partial charge in [0.2, 0.25) is 0 Å². The number of benzene rings is 1. The molecule has 4 nitrogen and oxygen atoms in total. The van der Waals surface area contributed by atoms with E-state index in [1.165, 1.54) is 16.3 Å². The molecule has 1 aliphatic rings. The monoisotopic (exact) mass is 342 g/mol. The minimum atomic E-state index is 0.866. The number of thiazole rings is 1. The number of aryl methyl sites for hydroxylation is 2. The molecule has 128 valence electrons. The summed E-state index contributed by atoms with van der Waals surface area (Å²) in [5, 5.41) is 6.82. The molecule has 3 rings (SSSR count). The Hall–Kier alpha value is -1.88. The van der Waals surface area contributed by atoms with Crippen LogP contribution in [0.3, 0.4) is 0 Å². The van der Waals surface area contributed by atoms with E-state index in [-0.39, 0.29) is 0 Å². The number of para-hydroxylation sites is 1. The lowest BCUT2D eigenvalue weighted by Gasteiger charge is -2.22. The predicted octanol–water partition coefficient (Wildman–Crippen LogP) is 3.80. The van der Waals surface area contributed by atoms with Crippen LogP contribution in [0.15, 0.2) is 34.6 Å². The van der Waals surface area contributed by atoms with Crippen molar-refractivity contribution in [2.24, 2.45) is 4.99 Å². The van der Waals surface area contributed by atoms with Crippen molar-refractivity contribution in [3.8, 4) is 0 Å². The van der Waals surface area contributed by atoms with Crippen LogP contribution >= 0.6 is 11.3 Å². The van der Waals surface area contributed by atoms with E-state index in [1.807, 2.05) is 0 Å². The third-order valence-electron chi connectivity index (χ3n) is 4.20. The summed E-state index contributed by atoms with van der Waals surface area (Å²) in [5.41, 5.74) is 3.85. The van der Waals surface area contributed by atoms with Gasteiger partial charge in [-0.15, -0.1) is 11.3 Å². The molecule has 0 saturated carbocycles. The summed E-state index contributed by atoms with van der Waals surface area (Å²) in [6.45, 7) is 6.97. The summed E-state index contributed by atoms with van der Waals surface area (Å²) in [5.74, 6) is 1.02. The molecular weight excluding hydrogens is 316 g/mol. The van der Waals surface area contributed by atoms with Gasteiger partial charge in [-0.2, -0.15) is 0 Å². The number of nitrogens with one attached hydrogen (secondary N) is 1. The smallest absolute Gasteiger partial charge is 0.198 e. The Kier molecular flexibility index (Phi) is 5.86. The number of guanidine groups is 1. The van der Waals surface area contributed by atoms with Crippen LogP contribution in [0.1, 0.15) is 36.0 Å². The molecule has 1 aromatic carbocycles. The van der Waals surface area contributed by atoms with Gasteiger partial charge in [0.05, 0.1) is 5.01 Å². The number of fused-ring (bicyclic) bond motifs is 1. The molecule has 1 aliphatic heterocycles. The predicted molar refractivity (Wildman–Crippen MR) is 103 cm³/mol. The Labute approximate surface area is 148 Å². The molecule has 0 fully saturated rings. The molecule has 0 aliphatic carbocycles. The molecule has 1 N–H and O–H groups in total. The number of hydrogen-bond donors (Lipinski definition) is 1. The van der Waals surface area contributed by atoms with Gasteiger partial charge in [-0.1, -0.05) is 18.2 Å². The van der Waals surface area contributed by atoms with Gasteiger partial charge in [-0.25, -0.2) is 4.98 Å². The maximum Gasteiger partial charge on any atom is 0.198 e. The number of hydrogen-bond acceptors (Lipinski definition) is 3. The van der Waals surface area contributed by atoms with E-state index in [1.54, 1.807) is 11.3 Å². The number of aromatic nitrogens is 1. The van der Waals surface area contributed by atoms with E-state index in [0.29, 0.717) is 0 Å². The highest BCUT2D eigenvalue weighted by Crippen LogP contribution is 2.27. The molecule has 0 saturated heterocycles. The number of aliphatic imine (C=N–C) groups is 1. The molecular formula is C19H26N4S. The molecule has 5 heteroatoms. The second-order valence-corrected chi connectivity index (χ2v) is 7.05. The largest absolute Gasteiger partial charge is 0.356 e. The van der Waals surface area contributed by atoms with Crippen molar-refractivity contribution in [2.75, 3.05) is 24.5 Å². The minimum absolute atomic E-state index is 0.866. The lowest BCUT2D eigenvalue weighted by Crippen LogP contribution is -2.40. The Balaban J connectivity index is 1.54. The number of unbranched alkanes of at least 4 members (excludes halogenated alkanes) is 1. The summed E-state index contributed by atoms with van der Waals surface area (Å²) in [4.78, 5) is 11.7. The number of rotatable bonds is 6. The first-order chi connectivity index (χ1) is 11.8. The van der Waals surface area contributed by atoms with Gasteiger partial charge in [0.15, 0.2) is 5.96 Å². The SMILES string of the molecule is CCNC(=NCCCCc1nc(C)cs1)N1CCc2ccccc21. The fourth-order valence-corrected chi connectivity index (χ4v) is 3.86. The van der Waals surface area contributed by atoms with Crippen molar-refractivity contribution >= 4 is 23.0 Å². The third kappa shape index (κ3) is 4.15. The highest BCUT2D eigenvalue weighted by atomic mass is 32.1. The highest BCUT2D eigenvalue weighted by Gasteiger charge is 2.22. The molecule has 0 unspecified atom stereocenters. The zero-order valence-electron chi connectivity index (χ0n) is 14.6. The van der Waals surface area contributed by atoms with Gasteiger partial charge in [0.25, 0.3) is 0 Å². The van der Waals surface area contributed by atoms with Crippen molar-refractivity contribution in [1.82, 2.24) is 10.3 Å². The third-order valence-corrected chi connectivity index (χ3v) is 5.23. The van der Waals surface area contributed by atoms with E-state index in [4.69, 9.17) is 4.99 Å². The van der Waals surface area contributed by atoms with Crippen molar-refractivity contribution in [1.29, 1.82) is 0 Å². The lowest BCUT2D eigenvalue weighted by molar-refractivity contribution is 0.735. The number of anilines is 1. The van der Waals surface area contributed by atoms with Crippen LogP contribution in [0.25, 0.3) is 0 Å². The topological polar surface area (TPSA) is 40.5 Å². The zero-order chi connectivity index (χ0) is 16.8. The summed E-state index contributed by atoms with van der Waals surface area (Å²) >= 11 is 1.77. The summed E-state index contributed by atoms with van der Waals surface area (Å²) in [6.07, 6.45) is 4.41. The molecule has 2 heterocycles. The summed E-state index contributed by atoms with van der Waals surface area (Å²) < 4.78 is 0. The maximum atomic E-state index is 4.85. The van der Waals surface area contributed by atoms with Gasteiger partial charge < -0.3 is 10.2 Å². The van der Waals surface area contributed by atoms with E-state index < -0.39 is 0 Å². The molecule has 2 aromatic rings.